The summed E-state index contributed by atoms with van der Waals surface area (Å²) in [5.74, 6) is 0. The maximum absolute atomic E-state index is 10.7. The van der Waals surface area contributed by atoms with Crippen LogP contribution in [0.3, 0.4) is 0 Å². The minimum absolute atomic E-state index is 0.191. The molecular formula is C19H37IO5. The summed E-state index contributed by atoms with van der Waals surface area (Å²) in [4.78, 5) is 0. The molecule has 0 radical (unpaired) electrons. The second kappa shape index (κ2) is 14.6. The van der Waals surface area contributed by atoms with Crippen molar-refractivity contribution in [2.75, 3.05) is 30.9 Å². The van der Waals surface area contributed by atoms with Gasteiger partial charge in [0.05, 0.1) is 12.7 Å². The molecule has 1 heterocycles. The first-order valence-corrected chi connectivity index (χ1v) is 11.4. The molecule has 1 aliphatic heterocycles. The molecule has 0 aromatic rings. The number of hydrogen-bond donors (Lipinski definition) is 1. The summed E-state index contributed by atoms with van der Waals surface area (Å²) >= 11 is 2.26. The van der Waals surface area contributed by atoms with Gasteiger partial charge in [0.15, 0.2) is 0 Å². The Bertz CT molecular complexity index is 318. The van der Waals surface area contributed by atoms with Crippen LogP contribution in [0.25, 0.3) is 0 Å². The van der Waals surface area contributed by atoms with Crippen molar-refractivity contribution >= 4 is 22.6 Å². The van der Waals surface area contributed by atoms with E-state index in [0.29, 0.717) is 19.8 Å². The van der Waals surface area contributed by atoms with Crippen molar-refractivity contribution in [3.05, 3.63) is 0 Å². The van der Waals surface area contributed by atoms with Gasteiger partial charge in [0, 0.05) is 24.2 Å². The van der Waals surface area contributed by atoms with Crippen LogP contribution >= 0.6 is 22.6 Å². The number of aliphatic hydroxyl groups excluding tert-OH is 1. The molecule has 3 unspecified atom stereocenters. The lowest BCUT2D eigenvalue weighted by atomic mass is 9.95. The van der Waals surface area contributed by atoms with Crippen LogP contribution in [0.4, 0.5) is 0 Å². The highest BCUT2D eigenvalue weighted by atomic mass is 127. The number of alkyl halides is 1. The molecule has 1 rings (SSSR count). The Kier molecular flexibility index (Phi) is 13.7. The summed E-state index contributed by atoms with van der Waals surface area (Å²) in [6.07, 6.45) is 4.56. The quantitative estimate of drug-likeness (QED) is 0.237. The van der Waals surface area contributed by atoms with Gasteiger partial charge < -0.3 is 24.1 Å². The lowest BCUT2D eigenvalue weighted by molar-refractivity contribution is -0.250. The Morgan fingerprint density at radius 2 is 1.40 bits per heavy atom. The van der Waals surface area contributed by atoms with E-state index in [1.165, 1.54) is 0 Å². The average molecular weight is 472 g/mol. The van der Waals surface area contributed by atoms with Gasteiger partial charge in [0.25, 0.3) is 0 Å². The van der Waals surface area contributed by atoms with Crippen molar-refractivity contribution in [2.24, 2.45) is 0 Å². The van der Waals surface area contributed by atoms with Crippen molar-refractivity contribution in [1.29, 1.82) is 0 Å². The van der Waals surface area contributed by atoms with Crippen molar-refractivity contribution in [1.82, 2.24) is 0 Å². The van der Waals surface area contributed by atoms with E-state index in [-0.39, 0.29) is 24.4 Å². The number of rotatable bonds is 14. The van der Waals surface area contributed by atoms with E-state index < -0.39 is 6.10 Å². The van der Waals surface area contributed by atoms with E-state index in [1.807, 2.05) is 0 Å². The summed E-state index contributed by atoms with van der Waals surface area (Å²) in [5.41, 5.74) is 0. The maximum atomic E-state index is 10.7. The molecule has 6 heteroatoms. The van der Waals surface area contributed by atoms with E-state index in [1.54, 1.807) is 0 Å². The molecule has 5 atom stereocenters. The third-order valence-electron chi connectivity index (χ3n) is 4.45. The Balaban J connectivity index is 2.75. The summed E-state index contributed by atoms with van der Waals surface area (Å²) in [7, 11) is 0. The molecule has 5 nitrogen and oxygen atoms in total. The molecule has 1 aliphatic rings. The van der Waals surface area contributed by atoms with E-state index >= 15 is 0 Å². The summed E-state index contributed by atoms with van der Waals surface area (Å²) in [5, 5.41) is 10.7. The van der Waals surface area contributed by atoms with Crippen LogP contribution in [0, 0.1) is 0 Å². The molecule has 0 amide bonds. The lowest BCUT2D eigenvalue weighted by Gasteiger charge is -2.44. The topological polar surface area (TPSA) is 57.2 Å². The van der Waals surface area contributed by atoms with Crippen LogP contribution in [-0.4, -0.2) is 66.5 Å². The number of hydrogen-bond acceptors (Lipinski definition) is 5. The fourth-order valence-electron chi connectivity index (χ4n) is 2.83. The summed E-state index contributed by atoms with van der Waals surface area (Å²) < 4.78 is 24.8. The van der Waals surface area contributed by atoms with Crippen molar-refractivity contribution in [3.8, 4) is 0 Å². The van der Waals surface area contributed by atoms with E-state index in [2.05, 4.69) is 43.4 Å². The summed E-state index contributed by atoms with van der Waals surface area (Å²) in [6, 6.07) is 0. The van der Waals surface area contributed by atoms with Crippen LogP contribution in [0.2, 0.25) is 0 Å². The van der Waals surface area contributed by atoms with Gasteiger partial charge >= 0.3 is 0 Å². The molecule has 1 saturated heterocycles. The molecule has 150 valence electrons. The minimum atomic E-state index is -0.660. The van der Waals surface area contributed by atoms with Gasteiger partial charge in [-0.25, -0.2) is 0 Å². The lowest BCUT2D eigenvalue weighted by Crippen LogP contribution is -2.61. The Morgan fingerprint density at radius 1 is 0.840 bits per heavy atom. The van der Waals surface area contributed by atoms with Gasteiger partial charge in [-0.15, -0.1) is 0 Å². The predicted octanol–water partition coefficient (Wildman–Crippen LogP) is 3.74. The monoisotopic (exact) mass is 472 g/mol. The van der Waals surface area contributed by atoms with Crippen molar-refractivity contribution in [2.45, 2.75) is 89.8 Å². The van der Waals surface area contributed by atoms with Gasteiger partial charge in [0.2, 0.25) is 0 Å². The summed E-state index contributed by atoms with van der Waals surface area (Å²) in [6.45, 7) is 8.95. The molecular weight excluding hydrogens is 435 g/mol. The van der Waals surface area contributed by atoms with Crippen LogP contribution < -0.4 is 0 Å². The van der Waals surface area contributed by atoms with Crippen LogP contribution in [-0.2, 0) is 18.9 Å². The van der Waals surface area contributed by atoms with Gasteiger partial charge in [0.1, 0.15) is 24.4 Å². The number of aliphatic hydroxyl groups is 1. The minimum Gasteiger partial charge on any atom is -0.388 e. The fourth-order valence-corrected chi connectivity index (χ4v) is 3.56. The van der Waals surface area contributed by atoms with Gasteiger partial charge in [-0.05, 0) is 19.3 Å². The molecule has 0 aliphatic carbocycles. The smallest absolute Gasteiger partial charge is 0.115 e. The number of halogens is 1. The Hall–Kier alpha value is 0.530. The SMILES string of the molecule is CCCCOCC1O[C@H](CI)C(O)C(OCCCC)[C@@H]1OCCCC. The first kappa shape index (κ1) is 23.6. The second-order valence-corrected chi connectivity index (χ2v) is 7.55. The van der Waals surface area contributed by atoms with E-state index in [4.69, 9.17) is 18.9 Å². The third-order valence-corrected chi connectivity index (χ3v) is 5.32. The first-order valence-electron chi connectivity index (χ1n) is 9.89. The molecule has 1 fully saturated rings. The Labute approximate surface area is 167 Å². The standard InChI is InChI=1S/C19H37IO5/c1-4-7-10-22-14-16-18(23-11-8-5-2)19(24-12-9-6-3)17(21)15(13-20)25-16/h15-19,21H,4-14H2,1-3H3/t15-,16?,17?,18-,19?/m1/s1. The van der Waals surface area contributed by atoms with E-state index in [0.717, 1.165) is 49.6 Å². The number of ether oxygens (including phenoxy) is 4. The largest absolute Gasteiger partial charge is 0.388 e. The number of unbranched alkanes of at least 4 members (excludes halogenated alkanes) is 3. The fraction of sp³-hybridized carbons (Fsp3) is 1.00. The molecule has 25 heavy (non-hydrogen) atoms. The zero-order valence-corrected chi connectivity index (χ0v) is 18.3. The molecule has 0 saturated carbocycles. The first-order chi connectivity index (χ1) is 12.2. The van der Waals surface area contributed by atoms with Crippen LogP contribution in [0.5, 0.6) is 0 Å². The maximum Gasteiger partial charge on any atom is 0.115 e. The zero-order chi connectivity index (χ0) is 18.5. The molecule has 0 bridgehead atoms. The van der Waals surface area contributed by atoms with Crippen molar-refractivity contribution in [3.63, 3.8) is 0 Å². The third kappa shape index (κ3) is 8.39. The second-order valence-electron chi connectivity index (χ2n) is 6.66. The van der Waals surface area contributed by atoms with Gasteiger partial charge in [-0.3, -0.25) is 0 Å². The zero-order valence-electron chi connectivity index (χ0n) is 16.1. The normalized spacial score (nSPS) is 29.9. The molecule has 1 N–H and O–H groups in total. The highest BCUT2D eigenvalue weighted by molar-refractivity contribution is 14.1. The van der Waals surface area contributed by atoms with Crippen LogP contribution in [0.15, 0.2) is 0 Å². The Morgan fingerprint density at radius 3 is 1.96 bits per heavy atom. The predicted molar refractivity (Wildman–Crippen MR) is 109 cm³/mol. The molecule has 0 aromatic carbocycles. The van der Waals surface area contributed by atoms with Crippen molar-refractivity contribution < 1.29 is 24.1 Å². The molecule has 0 spiro atoms. The average Bonchev–Trinajstić information content (AvgIpc) is 2.62. The van der Waals surface area contributed by atoms with Crippen LogP contribution in [0.1, 0.15) is 59.3 Å². The highest BCUT2D eigenvalue weighted by Gasteiger charge is 2.46. The highest BCUT2D eigenvalue weighted by Crippen LogP contribution is 2.28. The van der Waals surface area contributed by atoms with Gasteiger partial charge in [-0.2, -0.15) is 0 Å². The van der Waals surface area contributed by atoms with E-state index in [9.17, 15) is 5.11 Å². The molecule has 0 aromatic heterocycles. The van der Waals surface area contributed by atoms with Gasteiger partial charge in [-0.1, -0.05) is 62.6 Å².